The summed E-state index contributed by atoms with van der Waals surface area (Å²) in [7, 11) is 0. The van der Waals surface area contributed by atoms with Gasteiger partial charge in [-0.05, 0) is 52.7 Å². The summed E-state index contributed by atoms with van der Waals surface area (Å²) in [6.07, 6.45) is 2.62. The van der Waals surface area contributed by atoms with Gasteiger partial charge in [0.15, 0.2) is 5.65 Å². The predicted octanol–water partition coefficient (Wildman–Crippen LogP) is 3.98. The Balaban J connectivity index is 1.97. The molecule has 0 aliphatic rings. The minimum atomic E-state index is -0.244. The molecule has 3 heterocycles. The Bertz CT molecular complexity index is 960. The monoisotopic (exact) mass is 359 g/mol. The van der Waals surface area contributed by atoms with Crippen LogP contribution >= 0.6 is 11.3 Å². The molecule has 0 bridgehead atoms. The maximum atomic E-state index is 12.4. The fourth-order valence-corrected chi connectivity index (χ4v) is 3.98. The van der Waals surface area contributed by atoms with Gasteiger partial charge >= 0.3 is 0 Å². The molecule has 6 nitrogen and oxygen atoms in total. The van der Waals surface area contributed by atoms with E-state index in [-0.39, 0.29) is 17.1 Å². The molecule has 3 rings (SSSR count). The molecule has 0 fully saturated rings. The van der Waals surface area contributed by atoms with Gasteiger partial charge in [-0.2, -0.15) is 10.1 Å². The first-order valence-electron chi connectivity index (χ1n) is 8.55. The van der Waals surface area contributed by atoms with Crippen molar-refractivity contribution in [2.24, 2.45) is 0 Å². The van der Waals surface area contributed by atoms with E-state index in [0.29, 0.717) is 17.0 Å². The topological polar surface area (TPSA) is 75.6 Å². The molecule has 134 valence electrons. The lowest BCUT2D eigenvalue weighted by Gasteiger charge is -2.20. The number of nitrogens with one attached hydrogen (secondary N) is 2. The second kappa shape index (κ2) is 6.29. The van der Waals surface area contributed by atoms with Crippen LogP contribution in [0, 0.1) is 6.92 Å². The first-order valence-corrected chi connectivity index (χ1v) is 9.36. The maximum Gasteiger partial charge on any atom is 0.263 e. The number of nitrogens with zero attached hydrogens (tertiary/aromatic N) is 3. The van der Waals surface area contributed by atoms with Crippen LogP contribution in [-0.2, 0) is 12.0 Å². The van der Waals surface area contributed by atoms with Crippen molar-refractivity contribution in [2.45, 2.75) is 59.5 Å². The molecule has 0 saturated heterocycles. The van der Waals surface area contributed by atoms with Crippen LogP contribution in [0.15, 0.2) is 17.1 Å². The minimum absolute atomic E-state index is 0.0654. The molecular weight excluding hydrogens is 334 g/mol. The lowest BCUT2D eigenvalue weighted by Crippen LogP contribution is -2.24. The lowest BCUT2D eigenvalue weighted by molar-refractivity contribution is 0.366. The predicted molar refractivity (Wildman–Crippen MR) is 104 cm³/mol. The molecule has 0 aromatic carbocycles. The number of aromatic amines is 1. The Hall–Kier alpha value is -2.15. The van der Waals surface area contributed by atoms with E-state index in [2.05, 4.69) is 47.2 Å². The minimum Gasteiger partial charge on any atom is -0.348 e. The van der Waals surface area contributed by atoms with Gasteiger partial charge in [-0.25, -0.2) is 4.68 Å². The van der Waals surface area contributed by atoms with Gasteiger partial charge in [0.25, 0.3) is 5.56 Å². The van der Waals surface area contributed by atoms with Gasteiger partial charge in [0.05, 0.1) is 17.8 Å². The van der Waals surface area contributed by atoms with Crippen LogP contribution < -0.4 is 10.9 Å². The summed E-state index contributed by atoms with van der Waals surface area (Å²) in [6, 6.07) is 2.27. The maximum absolute atomic E-state index is 12.4. The van der Waals surface area contributed by atoms with E-state index in [1.54, 1.807) is 22.2 Å². The molecule has 0 spiro atoms. The number of fused-ring (bicyclic) bond motifs is 1. The highest BCUT2D eigenvalue weighted by molar-refractivity contribution is 7.12. The molecule has 0 radical (unpaired) electrons. The second-order valence-electron chi connectivity index (χ2n) is 7.35. The van der Waals surface area contributed by atoms with Gasteiger partial charge in [0.2, 0.25) is 5.95 Å². The SMILES string of the molecule is CCc1sc(C(C)Nc2nc3c(cnn3C(C)(C)C)c(=O)[nH]2)cc1C. The first kappa shape index (κ1) is 17.7. The summed E-state index contributed by atoms with van der Waals surface area (Å²) in [5.41, 5.74) is 1.50. The smallest absolute Gasteiger partial charge is 0.263 e. The fraction of sp³-hybridized carbons (Fsp3) is 0.500. The van der Waals surface area contributed by atoms with E-state index < -0.39 is 0 Å². The third-order valence-electron chi connectivity index (χ3n) is 4.21. The first-order chi connectivity index (χ1) is 11.7. The molecule has 0 amide bonds. The summed E-state index contributed by atoms with van der Waals surface area (Å²) >= 11 is 1.80. The molecule has 1 atom stereocenters. The van der Waals surface area contributed by atoms with Crippen molar-refractivity contribution in [1.82, 2.24) is 19.7 Å². The lowest BCUT2D eigenvalue weighted by atomic mass is 10.1. The van der Waals surface area contributed by atoms with Crippen LogP contribution in [-0.4, -0.2) is 19.7 Å². The molecule has 0 saturated carbocycles. The number of H-pyrrole nitrogens is 1. The Morgan fingerprint density at radius 1 is 1.40 bits per heavy atom. The van der Waals surface area contributed by atoms with Gasteiger partial charge in [0.1, 0.15) is 5.39 Å². The Kier molecular flexibility index (Phi) is 4.45. The van der Waals surface area contributed by atoms with Crippen molar-refractivity contribution in [3.05, 3.63) is 37.9 Å². The van der Waals surface area contributed by atoms with Gasteiger partial charge in [0, 0.05) is 9.75 Å². The molecule has 1 unspecified atom stereocenters. The highest BCUT2D eigenvalue weighted by Gasteiger charge is 2.20. The van der Waals surface area contributed by atoms with Gasteiger partial charge in [-0.3, -0.25) is 9.78 Å². The summed E-state index contributed by atoms with van der Waals surface area (Å²) < 4.78 is 1.79. The molecule has 0 aliphatic heterocycles. The van der Waals surface area contributed by atoms with E-state index in [1.807, 2.05) is 20.8 Å². The van der Waals surface area contributed by atoms with Crippen LogP contribution in [0.25, 0.3) is 11.0 Å². The summed E-state index contributed by atoms with van der Waals surface area (Å²) in [6.45, 7) is 12.5. The summed E-state index contributed by atoms with van der Waals surface area (Å²) in [4.78, 5) is 22.4. The van der Waals surface area contributed by atoms with E-state index in [9.17, 15) is 4.79 Å². The molecule has 2 N–H and O–H groups in total. The third kappa shape index (κ3) is 3.33. The highest BCUT2D eigenvalue weighted by Crippen LogP contribution is 2.29. The van der Waals surface area contributed by atoms with E-state index >= 15 is 0 Å². The number of hydrogen-bond acceptors (Lipinski definition) is 5. The van der Waals surface area contributed by atoms with Crippen molar-refractivity contribution in [3.63, 3.8) is 0 Å². The van der Waals surface area contributed by atoms with Crippen LogP contribution in [0.4, 0.5) is 5.95 Å². The molecule has 3 aromatic heterocycles. The van der Waals surface area contributed by atoms with E-state index in [1.165, 1.54) is 15.3 Å². The van der Waals surface area contributed by atoms with Gasteiger partial charge in [-0.15, -0.1) is 11.3 Å². The number of aromatic nitrogens is 4. The Morgan fingerprint density at radius 2 is 2.12 bits per heavy atom. The number of aryl methyl sites for hydroxylation is 2. The van der Waals surface area contributed by atoms with Gasteiger partial charge < -0.3 is 5.32 Å². The zero-order valence-corrected chi connectivity index (χ0v) is 16.4. The summed E-state index contributed by atoms with van der Waals surface area (Å²) in [5, 5.41) is 8.17. The Labute approximate surface area is 151 Å². The van der Waals surface area contributed by atoms with Gasteiger partial charge in [-0.1, -0.05) is 6.92 Å². The average Bonchev–Trinajstić information content (AvgIpc) is 3.10. The van der Waals surface area contributed by atoms with Crippen LogP contribution in [0.1, 0.15) is 56.0 Å². The van der Waals surface area contributed by atoms with Crippen molar-refractivity contribution in [2.75, 3.05) is 5.32 Å². The molecule has 3 aromatic rings. The molecule has 7 heteroatoms. The van der Waals surface area contributed by atoms with Crippen molar-refractivity contribution in [1.29, 1.82) is 0 Å². The zero-order valence-electron chi connectivity index (χ0n) is 15.6. The quantitative estimate of drug-likeness (QED) is 0.739. The summed E-state index contributed by atoms with van der Waals surface area (Å²) in [5.74, 6) is 0.472. The standard InChI is InChI=1S/C18H25N5OS/c1-7-13-10(2)8-14(25-13)11(3)20-17-21-15-12(16(24)22-17)9-19-23(15)18(4,5)6/h8-9,11H,7H2,1-6H3,(H2,20,21,22,24). The molecular formula is C18H25N5OS. The second-order valence-corrected chi connectivity index (χ2v) is 8.52. The Morgan fingerprint density at radius 3 is 2.72 bits per heavy atom. The largest absolute Gasteiger partial charge is 0.348 e. The number of hydrogen-bond donors (Lipinski definition) is 2. The highest BCUT2D eigenvalue weighted by atomic mass is 32.1. The number of anilines is 1. The van der Waals surface area contributed by atoms with Crippen molar-refractivity contribution >= 4 is 28.3 Å². The number of rotatable bonds is 4. The molecule has 25 heavy (non-hydrogen) atoms. The normalized spacial score (nSPS) is 13.4. The third-order valence-corrected chi connectivity index (χ3v) is 5.78. The van der Waals surface area contributed by atoms with Crippen LogP contribution in [0.2, 0.25) is 0 Å². The van der Waals surface area contributed by atoms with Crippen LogP contribution in [0.5, 0.6) is 0 Å². The zero-order chi connectivity index (χ0) is 18.4. The fourth-order valence-electron chi connectivity index (χ4n) is 2.86. The van der Waals surface area contributed by atoms with E-state index in [0.717, 1.165) is 6.42 Å². The van der Waals surface area contributed by atoms with Crippen molar-refractivity contribution < 1.29 is 0 Å². The average molecular weight is 359 g/mol. The molecule has 0 aliphatic carbocycles. The van der Waals surface area contributed by atoms with Crippen molar-refractivity contribution in [3.8, 4) is 0 Å². The van der Waals surface area contributed by atoms with Crippen LogP contribution in [0.3, 0.4) is 0 Å². The van der Waals surface area contributed by atoms with E-state index in [4.69, 9.17) is 0 Å². The number of thiophene rings is 1.